The summed E-state index contributed by atoms with van der Waals surface area (Å²) in [5.74, 6) is -0.860. The van der Waals surface area contributed by atoms with Crippen LogP contribution in [0.3, 0.4) is 0 Å². The second-order valence-corrected chi connectivity index (χ2v) is 4.41. The van der Waals surface area contributed by atoms with Gasteiger partial charge in [0.05, 0.1) is 0 Å². The van der Waals surface area contributed by atoms with Gasteiger partial charge in [-0.05, 0) is 28.8 Å². The molecule has 1 heterocycles. The van der Waals surface area contributed by atoms with Crippen molar-refractivity contribution >= 4 is 23.2 Å². The van der Waals surface area contributed by atoms with E-state index >= 15 is 0 Å². The van der Waals surface area contributed by atoms with Crippen LogP contribution in [0.25, 0.3) is 0 Å². The van der Waals surface area contributed by atoms with Crippen LogP contribution in [0.15, 0.2) is 16.8 Å². The predicted molar refractivity (Wildman–Crippen MR) is 62.3 cm³/mol. The van der Waals surface area contributed by atoms with E-state index in [9.17, 15) is 9.59 Å². The number of hydrogen-bond donors (Lipinski definition) is 1. The molecule has 4 nitrogen and oxygen atoms in total. The average molecular weight is 241 g/mol. The minimum atomic E-state index is -0.853. The Labute approximate surface area is 98.5 Å². The summed E-state index contributed by atoms with van der Waals surface area (Å²) < 4.78 is 0. The second kappa shape index (κ2) is 6.27. The number of carbonyl (C=O) groups excluding carboxylic acids is 1. The Morgan fingerprint density at radius 3 is 2.75 bits per heavy atom. The molecule has 1 aromatic rings. The summed E-state index contributed by atoms with van der Waals surface area (Å²) in [6.07, 6.45) is 0.757. The highest BCUT2D eigenvalue weighted by atomic mass is 32.1. The Balaban J connectivity index is 2.28. The van der Waals surface area contributed by atoms with E-state index in [1.165, 1.54) is 0 Å². The zero-order valence-electron chi connectivity index (χ0n) is 9.18. The fraction of sp³-hybridized carbons (Fsp3) is 0.455. The molecule has 1 N–H and O–H groups in total. The molecule has 16 heavy (non-hydrogen) atoms. The van der Waals surface area contributed by atoms with Gasteiger partial charge in [-0.2, -0.15) is 11.3 Å². The van der Waals surface area contributed by atoms with E-state index in [0.29, 0.717) is 19.4 Å². The minimum Gasteiger partial charge on any atom is -0.481 e. The summed E-state index contributed by atoms with van der Waals surface area (Å²) in [5, 5.41) is 12.4. The SMILES string of the molecule is CN(Cc1ccsc1)C(=O)CCCC(=O)O. The van der Waals surface area contributed by atoms with Crippen molar-refractivity contribution in [2.45, 2.75) is 25.8 Å². The number of carboxylic acid groups (broad SMARTS) is 1. The van der Waals surface area contributed by atoms with Crippen LogP contribution in [-0.2, 0) is 16.1 Å². The third kappa shape index (κ3) is 4.44. The summed E-state index contributed by atoms with van der Waals surface area (Å²) in [5.41, 5.74) is 1.11. The zero-order valence-corrected chi connectivity index (χ0v) is 10.00. The third-order valence-corrected chi connectivity index (χ3v) is 2.94. The molecule has 88 valence electrons. The first-order chi connectivity index (χ1) is 7.59. The van der Waals surface area contributed by atoms with Gasteiger partial charge in [-0.15, -0.1) is 0 Å². The van der Waals surface area contributed by atoms with Crippen LogP contribution in [0.2, 0.25) is 0 Å². The van der Waals surface area contributed by atoms with E-state index in [1.54, 1.807) is 23.3 Å². The minimum absolute atomic E-state index is 0.00699. The Bertz CT molecular complexity index is 348. The number of carbonyl (C=O) groups is 2. The van der Waals surface area contributed by atoms with Crippen molar-refractivity contribution in [1.29, 1.82) is 0 Å². The fourth-order valence-corrected chi connectivity index (χ4v) is 1.99. The molecule has 0 unspecified atom stereocenters. The van der Waals surface area contributed by atoms with Crippen molar-refractivity contribution in [3.05, 3.63) is 22.4 Å². The maximum Gasteiger partial charge on any atom is 0.303 e. The van der Waals surface area contributed by atoms with Gasteiger partial charge in [0, 0.05) is 26.4 Å². The van der Waals surface area contributed by atoms with Gasteiger partial charge in [0.1, 0.15) is 0 Å². The van der Waals surface area contributed by atoms with E-state index in [0.717, 1.165) is 5.56 Å². The van der Waals surface area contributed by atoms with E-state index in [4.69, 9.17) is 5.11 Å². The van der Waals surface area contributed by atoms with Gasteiger partial charge in [0.25, 0.3) is 0 Å². The van der Waals surface area contributed by atoms with Crippen LogP contribution in [0, 0.1) is 0 Å². The summed E-state index contributed by atoms with van der Waals surface area (Å²) in [6, 6.07) is 1.98. The molecule has 0 radical (unpaired) electrons. The molecule has 1 aromatic heterocycles. The molecule has 0 aromatic carbocycles. The van der Waals surface area contributed by atoms with Gasteiger partial charge in [-0.25, -0.2) is 0 Å². The molecule has 0 atom stereocenters. The number of amides is 1. The number of nitrogens with zero attached hydrogens (tertiary/aromatic N) is 1. The Morgan fingerprint density at radius 1 is 1.44 bits per heavy atom. The van der Waals surface area contributed by atoms with Crippen molar-refractivity contribution in [3.8, 4) is 0 Å². The van der Waals surface area contributed by atoms with E-state index in [2.05, 4.69) is 0 Å². The third-order valence-electron chi connectivity index (χ3n) is 2.21. The number of aliphatic carboxylic acids is 1. The molecule has 0 saturated heterocycles. The summed E-state index contributed by atoms with van der Waals surface area (Å²) in [7, 11) is 1.74. The fourth-order valence-electron chi connectivity index (χ4n) is 1.33. The van der Waals surface area contributed by atoms with Gasteiger partial charge in [0.15, 0.2) is 0 Å². The Hall–Kier alpha value is -1.36. The topological polar surface area (TPSA) is 57.6 Å². The highest BCUT2D eigenvalue weighted by Crippen LogP contribution is 2.09. The lowest BCUT2D eigenvalue weighted by Crippen LogP contribution is -2.25. The van der Waals surface area contributed by atoms with Crippen molar-refractivity contribution in [2.24, 2.45) is 0 Å². The average Bonchev–Trinajstić information content (AvgIpc) is 2.69. The standard InChI is InChI=1S/C11H15NO3S/c1-12(7-9-5-6-16-8-9)10(13)3-2-4-11(14)15/h5-6,8H,2-4,7H2,1H3,(H,14,15). The molecule has 0 aliphatic rings. The van der Waals surface area contributed by atoms with Crippen molar-refractivity contribution in [1.82, 2.24) is 4.90 Å². The second-order valence-electron chi connectivity index (χ2n) is 3.63. The monoisotopic (exact) mass is 241 g/mol. The molecule has 0 spiro atoms. The summed E-state index contributed by atoms with van der Waals surface area (Å²) in [6.45, 7) is 0.593. The molecule has 5 heteroatoms. The quantitative estimate of drug-likeness (QED) is 0.828. The first-order valence-electron chi connectivity index (χ1n) is 5.06. The van der Waals surface area contributed by atoms with Crippen LogP contribution >= 0.6 is 11.3 Å². The zero-order chi connectivity index (χ0) is 12.0. The molecule has 0 saturated carbocycles. The first-order valence-corrected chi connectivity index (χ1v) is 6.00. The molecule has 0 fully saturated rings. The molecule has 0 aliphatic heterocycles. The van der Waals surface area contributed by atoms with Crippen molar-refractivity contribution in [2.75, 3.05) is 7.05 Å². The predicted octanol–water partition coefficient (Wildman–Crippen LogP) is 1.96. The van der Waals surface area contributed by atoms with E-state index in [-0.39, 0.29) is 12.3 Å². The molecular formula is C11H15NO3S. The van der Waals surface area contributed by atoms with Crippen LogP contribution < -0.4 is 0 Å². The highest BCUT2D eigenvalue weighted by Gasteiger charge is 2.09. The van der Waals surface area contributed by atoms with E-state index in [1.807, 2.05) is 16.8 Å². The van der Waals surface area contributed by atoms with Gasteiger partial charge >= 0.3 is 5.97 Å². The van der Waals surface area contributed by atoms with Gasteiger partial charge in [0.2, 0.25) is 5.91 Å². The van der Waals surface area contributed by atoms with Crippen LogP contribution in [0.4, 0.5) is 0 Å². The lowest BCUT2D eigenvalue weighted by atomic mass is 10.2. The Kier molecular flexibility index (Phi) is 4.98. The van der Waals surface area contributed by atoms with Crippen molar-refractivity contribution < 1.29 is 14.7 Å². The van der Waals surface area contributed by atoms with Gasteiger partial charge in [-0.3, -0.25) is 9.59 Å². The Morgan fingerprint density at radius 2 is 2.19 bits per heavy atom. The summed E-state index contributed by atoms with van der Waals surface area (Å²) in [4.78, 5) is 23.5. The molecule has 0 aliphatic carbocycles. The lowest BCUT2D eigenvalue weighted by molar-refractivity contribution is -0.137. The normalized spacial score (nSPS) is 10.1. The van der Waals surface area contributed by atoms with Crippen LogP contribution in [-0.4, -0.2) is 28.9 Å². The molecule has 0 bridgehead atoms. The number of hydrogen-bond acceptors (Lipinski definition) is 3. The van der Waals surface area contributed by atoms with Crippen LogP contribution in [0.1, 0.15) is 24.8 Å². The van der Waals surface area contributed by atoms with E-state index < -0.39 is 5.97 Å². The number of thiophene rings is 1. The first kappa shape index (κ1) is 12.7. The highest BCUT2D eigenvalue weighted by molar-refractivity contribution is 7.07. The molecular weight excluding hydrogens is 226 g/mol. The smallest absolute Gasteiger partial charge is 0.303 e. The lowest BCUT2D eigenvalue weighted by Gasteiger charge is -2.16. The van der Waals surface area contributed by atoms with Gasteiger partial charge in [-0.1, -0.05) is 0 Å². The van der Waals surface area contributed by atoms with Crippen molar-refractivity contribution in [3.63, 3.8) is 0 Å². The molecule has 1 rings (SSSR count). The maximum atomic E-state index is 11.6. The maximum absolute atomic E-state index is 11.6. The largest absolute Gasteiger partial charge is 0.481 e. The molecule has 1 amide bonds. The van der Waals surface area contributed by atoms with Gasteiger partial charge < -0.3 is 10.0 Å². The summed E-state index contributed by atoms with van der Waals surface area (Å²) >= 11 is 1.60. The van der Waals surface area contributed by atoms with Crippen LogP contribution in [0.5, 0.6) is 0 Å². The number of carboxylic acids is 1. The number of rotatable bonds is 6.